The van der Waals surface area contributed by atoms with Gasteiger partial charge in [0.25, 0.3) is 11.8 Å². The van der Waals surface area contributed by atoms with Crippen LogP contribution in [-0.4, -0.2) is 34.8 Å². The Balaban J connectivity index is 1.82. The topological polar surface area (TPSA) is 69.7 Å². The van der Waals surface area contributed by atoms with Crippen molar-refractivity contribution >= 4 is 40.7 Å². The summed E-state index contributed by atoms with van der Waals surface area (Å²) in [6.07, 6.45) is 0.302. The summed E-state index contributed by atoms with van der Waals surface area (Å²) in [5, 5.41) is 2.57. The van der Waals surface area contributed by atoms with E-state index < -0.39 is 17.4 Å². The van der Waals surface area contributed by atoms with E-state index in [-0.39, 0.29) is 41.9 Å². The highest BCUT2D eigenvalue weighted by Gasteiger charge is 2.60. The number of fused-ring (bicyclic) bond motifs is 3. The Morgan fingerprint density at radius 2 is 2.00 bits per heavy atom. The number of nitrogens with zero attached hydrogens (tertiary/aromatic N) is 2. The van der Waals surface area contributed by atoms with Crippen molar-refractivity contribution in [3.63, 3.8) is 0 Å². The Bertz CT molecular complexity index is 1010. The molecular formula is C20H17ClFN3O3. The summed E-state index contributed by atoms with van der Waals surface area (Å²) < 4.78 is 13.4. The fraction of sp³-hybridized carbons (Fsp3) is 0.250. The van der Waals surface area contributed by atoms with Gasteiger partial charge >= 0.3 is 0 Å². The van der Waals surface area contributed by atoms with Crippen molar-refractivity contribution in [2.75, 3.05) is 16.8 Å². The van der Waals surface area contributed by atoms with Gasteiger partial charge in [-0.25, -0.2) is 4.39 Å². The minimum absolute atomic E-state index is 0.132. The Kier molecular flexibility index (Phi) is 4.34. The average Bonchev–Trinajstić information content (AvgIpc) is 3.04. The maximum absolute atomic E-state index is 13.4. The molecule has 2 aromatic rings. The lowest BCUT2D eigenvalue weighted by atomic mass is 9.95. The summed E-state index contributed by atoms with van der Waals surface area (Å²) >= 11 is 5.81. The summed E-state index contributed by atoms with van der Waals surface area (Å²) in [7, 11) is 0. The molecule has 2 heterocycles. The number of likely N-dealkylation sites (N-methyl/N-ethyl adjacent to an activating group) is 1. The van der Waals surface area contributed by atoms with Gasteiger partial charge in [0.05, 0.1) is 16.3 Å². The van der Waals surface area contributed by atoms with Crippen molar-refractivity contribution in [1.29, 1.82) is 0 Å². The molecule has 2 aliphatic rings. The van der Waals surface area contributed by atoms with E-state index in [0.29, 0.717) is 11.3 Å². The van der Waals surface area contributed by atoms with Crippen LogP contribution in [0, 0.1) is 5.82 Å². The third kappa shape index (κ3) is 2.50. The highest BCUT2D eigenvalue weighted by Crippen LogP contribution is 2.44. The second-order valence-corrected chi connectivity index (χ2v) is 7.10. The van der Waals surface area contributed by atoms with Gasteiger partial charge in [-0.1, -0.05) is 23.7 Å². The number of hydrogen-bond donors (Lipinski definition) is 1. The third-order valence-electron chi connectivity index (χ3n) is 5.23. The maximum atomic E-state index is 13.4. The van der Waals surface area contributed by atoms with E-state index in [0.717, 1.165) is 6.07 Å². The van der Waals surface area contributed by atoms with Crippen LogP contribution in [0.25, 0.3) is 0 Å². The molecule has 6 nitrogen and oxygen atoms in total. The molecule has 28 heavy (non-hydrogen) atoms. The lowest BCUT2D eigenvalue weighted by molar-refractivity contribution is -0.128. The predicted octanol–water partition coefficient (Wildman–Crippen LogP) is 3.42. The molecule has 1 fully saturated rings. The molecule has 8 heteroatoms. The van der Waals surface area contributed by atoms with Crippen LogP contribution in [0.15, 0.2) is 42.5 Å². The van der Waals surface area contributed by atoms with Crippen molar-refractivity contribution in [1.82, 2.24) is 4.90 Å². The summed E-state index contributed by atoms with van der Waals surface area (Å²) in [5.74, 6) is -1.68. The predicted molar refractivity (Wildman–Crippen MR) is 103 cm³/mol. The molecule has 0 bridgehead atoms. The molecular weight excluding hydrogens is 385 g/mol. The van der Waals surface area contributed by atoms with Crippen LogP contribution < -0.4 is 10.2 Å². The zero-order valence-corrected chi connectivity index (χ0v) is 15.8. The van der Waals surface area contributed by atoms with Crippen molar-refractivity contribution in [2.45, 2.75) is 25.4 Å². The lowest BCUT2D eigenvalue weighted by Crippen LogP contribution is -2.69. The Labute approximate surface area is 165 Å². The highest BCUT2D eigenvalue weighted by atomic mass is 35.5. The van der Waals surface area contributed by atoms with Gasteiger partial charge in [-0.15, -0.1) is 0 Å². The SMILES string of the molecule is CCN1C(=O)c2ccccc2N2C(=O)CCC12C(=O)Nc1ccc(F)c(Cl)c1. The first-order valence-corrected chi connectivity index (χ1v) is 9.28. The van der Waals surface area contributed by atoms with Crippen LogP contribution in [0.3, 0.4) is 0 Å². The van der Waals surface area contributed by atoms with Crippen molar-refractivity contribution < 1.29 is 18.8 Å². The van der Waals surface area contributed by atoms with Crippen molar-refractivity contribution in [2.24, 2.45) is 0 Å². The van der Waals surface area contributed by atoms with Crippen molar-refractivity contribution in [3.05, 3.63) is 58.9 Å². The summed E-state index contributed by atoms with van der Waals surface area (Å²) in [6.45, 7) is 2.01. The van der Waals surface area contributed by atoms with Gasteiger partial charge in [0, 0.05) is 25.1 Å². The minimum atomic E-state index is -1.47. The number of amides is 3. The molecule has 2 aliphatic heterocycles. The fourth-order valence-electron chi connectivity index (χ4n) is 4.01. The normalized spacial score (nSPS) is 20.8. The monoisotopic (exact) mass is 401 g/mol. The number of benzene rings is 2. The van der Waals surface area contributed by atoms with Gasteiger partial charge in [0.2, 0.25) is 11.6 Å². The van der Waals surface area contributed by atoms with Gasteiger partial charge in [-0.2, -0.15) is 0 Å². The molecule has 144 valence electrons. The van der Waals surface area contributed by atoms with E-state index in [4.69, 9.17) is 11.6 Å². The first-order chi connectivity index (χ1) is 13.4. The number of rotatable bonds is 3. The second-order valence-electron chi connectivity index (χ2n) is 6.70. The largest absolute Gasteiger partial charge is 0.322 e. The Morgan fingerprint density at radius 3 is 2.71 bits per heavy atom. The van der Waals surface area contributed by atoms with E-state index in [2.05, 4.69) is 5.32 Å². The molecule has 2 aromatic carbocycles. The number of halogens is 2. The highest BCUT2D eigenvalue weighted by molar-refractivity contribution is 6.31. The number of carbonyl (C=O) groups is 3. The average molecular weight is 402 g/mol. The molecule has 0 aliphatic carbocycles. The van der Waals surface area contributed by atoms with Gasteiger partial charge < -0.3 is 10.2 Å². The van der Waals surface area contributed by atoms with E-state index in [1.165, 1.54) is 21.9 Å². The minimum Gasteiger partial charge on any atom is -0.322 e. The molecule has 1 unspecified atom stereocenters. The molecule has 0 radical (unpaired) electrons. The van der Waals surface area contributed by atoms with Crippen LogP contribution >= 0.6 is 11.6 Å². The van der Waals surface area contributed by atoms with Crippen LogP contribution in [0.2, 0.25) is 5.02 Å². The molecule has 0 aromatic heterocycles. The number of nitrogens with one attached hydrogen (secondary N) is 1. The molecule has 0 spiro atoms. The summed E-state index contributed by atoms with van der Waals surface area (Å²) in [6, 6.07) is 10.6. The first kappa shape index (κ1) is 18.4. The molecule has 1 saturated heterocycles. The molecule has 1 atom stereocenters. The molecule has 0 saturated carbocycles. The smallest absolute Gasteiger partial charge is 0.271 e. The summed E-state index contributed by atoms with van der Waals surface area (Å²) in [4.78, 5) is 42.1. The molecule has 4 rings (SSSR count). The maximum Gasteiger partial charge on any atom is 0.271 e. The van der Waals surface area contributed by atoms with E-state index in [1.54, 1.807) is 31.2 Å². The van der Waals surface area contributed by atoms with E-state index in [9.17, 15) is 18.8 Å². The van der Waals surface area contributed by atoms with Gasteiger partial charge in [0.15, 0.2) is 0 Å². The van der Waals surface area contributed by atoms with Crippen LogP contribution in [0.4, 0.5) is 15.8 Å². The lowest BCUT2D eigenvalue weighted by Gasteiger charge is -2.48. The van der Waals surface area contributed by atoms with Gasteiger partial charge in [-0.05, 0) is 37.3 Å². The van der Waals surface area contributed by atoms with E-state index >= 15 is 0 Å². The molecule has 1 N–H and O–H groups in total. The Hall–Kier alpha value is -2.93. The Morgan fingerprint density at radius 1 is 1.25 bits per heavy atom. The number of anilines is 2. The fourth-order valence-corrected chi connectivity index (χ4v) is 4.19. The van der Waals surface area contributed by atoms with Crippen LogP contribution in [0.1, 0.15) is 30.1 Å². The zero-order valence-electron chi connectivity index (χ0n) is 15.0. The summed E-state index contributed by atoms with van der Waals surface area (Å²) in [5.41, 5.74) is -0.384. The van der Waals surface area contributed by atoms with Crippen LogP contribution in [0.5, 0.6) is 0 Å². The first-order valence-electron chi connectivity index (χ1n) is 8.90. The number of para-hydroxylation sites is 1. The zero-order chi connectivity index (χ0) is 20.1. The second kappa shape index (κ2) is 6.60. The van der Waals surface area contributed by atoms with Gasteiger partial charge in [-0.3, -0.25) is 19.3 Å². The quantitative estimate of drug-likeness (QED) is 0.856. The number of carbonyl (C=O) groups excluding carboxylic acids is 3. The third-order valence-corrected chi connectivity index (χ3v) is 5.52. The van der Waals surface area contributed by atoms with Crippen molar-refractivity contribution in [3.8, 4) is 0 Å². The van der Waals surface area contributed by atoms with E-state index in [1.807, 2.05) is 0 Å². The molecule has 3 amide bonds. The number of hydrogen-bond acceptors (Lipinski definition) is 3. The van der Waals surface area contributed by atoms with Gasteiger partial charge in [0.1, 0.15) is 5.82 Å². The van der Waals surface area contributed by atoms with Crippen LogP contribution in [-0.2, 0) is 9.59 Å². The standard InChI is InChI=1S/C20H17ClFN3O3/c1-2-24-18(27)13-5-3-4-6-16(13)25-17(26)9-10-20(24,25)19(28)23-12-7-8-15(22)14(21)11-12/h3-8,11H,2,9-10H2,1H3,(H,23,28).